The molecule has 1 rings (SSSR count). The Labute approximate surface area is 110 Å². The second-order valence-electron chi connectivity index (χ2n) is 5.28. The number of carbonyl (C=O) groups is 2. The van der Waals surface area contributed by atoms with Crippen molar-refractivity contribution in [2.24, 2.45) is 0 Å². The fourth-order valence-electron chi connectivity index (χ4n) is 2.69. The summed E-state index contributed by atoms with van der Waals surface area (Å²) in [6.45, 7) is 9.87. The summed E-state index contributed by atoms with van der Waals surface area (Å²) in [5, 5.41) is 2.90. The molecule has 2 atom stereocenters. The topological polar surface area (TPSA) is 49.4 Å². The van der Waals surface area contributed by atoms with Gasteiger partial charge in [-0.05, 0) is 32.6 Å². The van der Waals surface area contributed by atoms with Crippen molar-refractivity contribution in [3.8, 4) is 0 Å². The van der Waals surface area contributed by atoms with Crippen LogP contribution in [0.25, 0.3) is 0 Å². The van der Waals surface area contributed by atoms with Gasteiger partial charge < -0.3 is 10.2 Å². The predicted molar refractivity (Wildman–Crippen MR) is 72.1 cm³/mol. The highest BCUT2D eigenvalue weighted by Crippen LogP contribution is 2.26. The van der Waals surface area contributed by atoms with Crippen LogP contribution < -0.4 is 5.32 Å². The van der Waals surface area contributed by atoms with Crippen LogP contribution in [0.15, 0.2) is 0 Å². The zero-order chi connectivity index (χ0) is 13.9. The first-order valence-electron chi connectivity index (χ1n) is 7.09. The van der Waals surface area contributed by atoms with E-state index >= 15 is 0 Å². The van der Waals surface area contributed by atoms with Crippen molar-refractivity contribution >= 4 is 11.8 Å². The van der Waals surface area contributed by atoms with Crippen molar-refractivity contribution in [1.82, 2.24) is 10.2 Å². The van der Waals surface area contributed by atoms with Crippen LogP contribution in [0.2, 0.25) is 0 Å². The number of hydrogen-bond donors (Lipinski definition) is 1. The van der Waals surface area contributed by atoms with E-state index in [1.54, 1.807) is 0 Å². The summed E-state index contributed by atoms with van der Waals surface area (Å²) in [6.07, 6.45) is 3.09. The minimum atomic E-state index is -0.731. The van der Waals surface area contributed by atoms with E-state index in [0.29, 0.717) is 12.8 Å². The minimum absolute atomic E-state index is 0.00616. The summed E-state index contributed by atoms with van der Waals surface area (Å²) in [5.74, 6) is 0.0681. The Morgan fingerprint density at radius 3 is 2.17 bits per heavy atom. The van der Waals surface area contributed by atoms with E-state index in [1.165, 1.54) is 0 Å². The third-order valence-electron chi connectivity index (χ3n) is 4.17. The molecule has 0 radical (unpaired) electrons. The van der Waals surface area contributed by atoms with Crippen molar-refractivity contribution in [2.75, 3.05) is 0 Å². The first-order chi connectivity index (χ1) is 8.45. The first-order valence-corrected chi connectivity index (χ1v) is 7.09. The minimum Gasteiger partial charge on any atom is -0.340 e. The Bertz CT molecular complexity index is 326. The second kappa shape index (κ2) is 5.72. The lowest BCUT2D eigenvalue weighted by molar-refractivity contribution is -0.157. The lowest BCUT2D eigenvalue weighted by atomic mass is 9.89. The van der Waals surface area contributed by atoms with E-state index < -0.39 is 5.54 Å². The number of amides is 2. The number of nitrogens with one attached hydrogen (secondary N) is 1. The highest BCUT2D eigenvalue weighted by Gasteiger charge is 2.47. The highest BCUT2D eigenvalue weighted by molar-refractivity contribution is 5.99. The Morgan fingerprint density at radius 1 is 1.22 bits per heavy atom. The van der Waals surface area contributed by atoms with Gasteiger partial charge in [0.1, 0.15) is 11.6 Å². The Kier molecular flexibility index (Phi) is 4.77. The molecule has 0 aliphatic carbocycles. The van der Waals surface area contributed by atoms with Crippen LogP contribution >= 0.6 is 0 Å². The molecule has 0 aromatic heterocycles. The Morgan fingerprint density at radius 2 is 1.78 bits per heavy atom. The molecule has 0 saturated carbocycles. The summed E-state index contributed by atoms with van der Waals surface area (Å²) in [4.78, 5) is 26.7. The SMILES string of the molecule is CCC(CC)N1C(=O)C(C)(CC)NC(=O)C1CC. The van der Waals surface area contributed by atoms with E-state index in [2.05, 4.69) is 19.2 Å². The average Bonchev–Trinajstić information content (AvgIpc) is 2.36. The van der Waals surface area contributed by atoms with Gasteiger partial charge in [0.15, 0.2) is 0 Å². The van der Waals surface area contributed by atoms with Gasteiger partial charge in [-0.3, -0.25) is 9.59 Å². The number of nitrogens with zero attached hydrogens (tertiary/aromatic N) is 1. The highest BCUT2D eigenvalue weighted by atomic mass is 16.2. The molecule has 1 fully saturated rings. The molecule has 1 aliphatic heterocycles. The summed E-state index contributed by atoms with van der Waals surface area (Å²) < 4.78 is 0. The summed E-state index contributed by atoms with van der Waals surface area (Å²) >= 11 is 0. The van der Waals surface area contributed by atoms with Crippen molar-refractivity contribution < 1.29 is 9.59 Å². The number of rotatable bonds is 5. The van der Waals surface area contributed by atoms with Gasteiger partial charge in [-0.15, -0.1) is 0 Å². The second-order valence-corrected chi connectivity index (χ2v) is 5.28. The van der Waals surface area contributed by atoms with Gasteiger partial charge in [0.25, 0.3) is 0 Å². The van der Waals surface area contributed by atoms with Crippen LogP contribution in [0, 0.1) is 0 Å². The third-order valence-corrected chi connectivity index (χ3v) is 4.17. The fraction of sp³-hybridized carbons (Fsp3) is 0.857. The van der Waals surface area contributed by atoms with Crippen LogP contribution in [-0.2, 0) is 9.59 Å². The van der Waals surface area contributed by atoms with Crippen LogP contribution in [-0.4, -0.2) is 34.3 Å². The molecule has 4 nitrogen and oxygen atoms in total. The van der Waals surface area contributed by atoms with Crippen molar-refractivity contribution in [1.29, 1.82) is 0 Å². The predicted octanol–water partition coefficient (Wildman–Crippen LogP) is 2.08. The summed E-state index contributed by atoms with van der Waals surface area (Å²) in [7, 11) is 0. The molecule has 0 aromatic carbocycles. The molecule has 18 heavy (non-hydrogen) atoms. The molecule has 1 N–H and O–H groups in total. The van der Waals surface area contributed by atoms with Gasteiger partial charge in [0.2, 0.25) is 11.8 Å². The summed E-state index contributed by atoms with van der Waals surface area (Å²) in [6, 6.07) is -0.138. The molecule has 1 saturated heterocycles. The average molecular weight is 254 g/mol. The van der Waals surface area contributed by atoms with Gasteiger partial charge in [-0.25, -0.2) is 0 Å². The van der Waals surface area contributed by atoms with Crippen LogP contribution in [0.4, 0.5) is 0 Å². The molecule has 104 valence electrons. The van der Waals surface area contributed by atoms with E-state index in [1.807, 2.05) is 25.7 Å². The van der Waals surface area contributed by atoms with Gasteiger partial charge in [-0.1, -0.05) is 27.7 Å². The lowest BCUT2D eigenvalue weighted by Crippen LogP contribution is -2.70. The third kappa shape index (κ3) is 2.38. The molecular weight excluding hydrogens is 228 g/mol. The van der Waals surface area contributed by atoms with E-state index in [-0.39, 0.29) is 23.9 Å². The normalized spacial score (nSPS) is 28.8. The van der Waals surface area contributed by atoms with Gasteiger partial charge in [-0.2, -0.15) is 0 Å². The first kappa shape index (κ1) is 15.0. The van der Waals surface area contributed by atoms with Gasteiger partial charge >= 0.3 is 0 Å². The van der Waals surface area contributed by atoms with Crippen molar-refractivity contribution in [3.63, 3.8) is 0 Å². The quantitative estimate of drug-likeness (QED) is 0.816. The van der Waals surface area contributed by atoms with E-state index in [4.69, 9.17) is 0 Å². The van der Waals surface area contributed by atoms with E-state index in [9.17, 15) is 9.59 Å². The maximum absolute atomic E-state index is 12.7. The zero-order valence-electron chi connectivity index (χ0n) is 12.2. The van der Waals surface area contributed by atoms with Crippen LogP contribution in [0.5, 0.6) is 0 Å². The summed E-state index contributed by atoms with van der Waals surface area (Å²) in [5.41, 5.74) is -0.731. The number of hydrogen-bond acceptors (Lipinski definition) is 2. The number of carbonyl (C=O) groups excluding carboxylic acids is 2. The maximum atomic E-state index is 12.7. The van der Waals surface area contributed by atoms with Gasteiger partial charge in [0, 0.05) is 6.04 Å². The lowest BCUT2D eigenvalue weighted by Gasteiger charge is -2.47. The maximum Gasteiger partial charge on any atom is 0.248 e. The molecule has 2 amide bonds. The molecule has 4 heteroatoms. The molecular formula is C14H26N2O2. The van der Waals surface area contributed by atoms with Crippen molar-refractivity contribution in [2.45, 2.75) is 77.9 Å². The molecule has 1 aliphatic rings. The molecule has 0 aromatic rings. The van der Waals surface area contributed by atoms with Crippen LogP contribution in [0.1, 0.15) is 60.3 Å². The molecule has 2 unspecified atom stereocenters. The largest absolute Gasteiger partial charge is 0.340 e. The monoisotopic (exact) mass is 254 g/mol. The fourth-order valence-corrected chi connectivity index (χ4v) is 2.69. The molecule has 0 spiro atoms. The molecule has 0 bridgehead atoms. The molecule has 1 heterocycles. The van der Waals surface area contributed by atoms with E-state index in [0.717, 1.165) is 12.8 Å². The Hall–Kier alpha value is -1.06. The van der Waals surface area contributed by atoms with Gasteiger partial charge in [0.05, 0.1) is 0 Å². The Balaban J connectivity index is 3.13. The zero-order valence-corrected chi connectivity index (χ0v) is 12.2. The van der Waals surface area contributed by atoms with Crippen LogP contribution in [0.3, 0.4) is 0 Å². The smallest absolute Gasteiger partial charge is 0.248 e. The van der Waals surface area contributed by atoms with Crippen molar-refractivity contribution in [3.05, 3.63) is 0 Å². The standard InChI is InChI=1S/C14H26N2O2/c1-6-10(7-2)16-11(8-3)12(17)15-14(5,9-4)13(16)18/h10-11H,6-9H2,1-5H3,(H,15,17). The number of piperazine rings is 1.